The number of rotatable bonds is 7. The average Bonchev–Trinajstić information content (AvgIpc) is 2.54. The molecule has 0 fully saturated rings. The third kappa shape index (κ3) is 4.90. The van der Waals surface area contributed by atoms with Crippen LogP contribution in [0.1, 0.15) is 18.4 Å². The molecule has 4 nitrogen and oxygen atoms in total. The maximum atomic E-state index is 6.05. The largest absolute Gasteiger partial charge is 0.399 e. The maximum absolute atomic E-state index is 6.05. The molecule has 6 heteroatoms. The number of hydrogen-bond acceptors (Lipinski definition) is 4. The van der Waals surface area contributed by atoms with Gasteiger partial charge in [0.25, 0.3) is 0 Å². The van der Waals surface area contributed by atoms with Crippen molar-refractivity contribution in [3.05, 3.63) is 58.3 Å². The first-order valence-electron chi connectivity index (χ1n) is 6.90. The Morgan fingerprint density at radius 2 is 1.95 bits per heavy atom. The van der Waals surface area contributed by atoms with Crippen LogP contribution in [-0.2, 0) is 4.84 Å². The number of halogens is 2. The first-order chi connectivity index (χ1) is 10.7. The normalized spacial score (nSPS) is 11.3. The van der Waals surface area contributed by atoms with Gasteiger partial charge in [-0.1, -0.05) is 34.4 Å². The summed E-state index contributed by atoms with van der Waals surface area (Å²) in [6.45, 7) is 0.827. The van der Waals surface area contributed by atoms with Gasteiger partial charge in [0, 0.05) is 30.2 Å². The lowest BCUT2D eigenvalue weighted by molar-refractivity contribution is 0.213. The SMILES string of the molecule is CO/N=C(\CCCNc1ccncc1)c1ccc(Cl)c(Cl)c1. The minimum absolute atomic E-state index is 0.512. The number of nitrogens with zero attached hydrogens (tertiary/aromatic N) is 2. The number of hydrogen-bond donors (Lipinski definition) is 1. The predicted molar refractivity (Wildman–Crippen MR) is 92.0 cm³/mol. The summed E-state index contributed by atoms with van der Waals surface area (Å²) in [7, 11) is 1.53. The smallest absolute Gasteiger partial charge is 0.106 e. The second-order valence-electron chi connectivity index (χ2n) is 4.62. The summed E-state index contributed by atoms with van der Waals surface area (Å²) in [6.07, 6.45) is 5.19. The van der Waals surface area contributed by atoms with Crippen molar-refractivity contribution in [2.45, 2.75) is 12.8 Å². The van der Waals surface area contributed by atoms with Crippen LogP contribution in [-0.4, -0.2) is 24.4 Å². The van der Waals surface area contributed by atoms with Gasteiger partial charge in [-0.3, -0.25) is 4.98 Å². The summed E-state index contributed by atoms with van der Waals surface area (Å²) in [5, 5.41) is 8.46. The van der Waals surface area contributed by atoms with Gasteiger partial charge >= 0.3 is 0 Å². The predicted octanol–water partition coefficient (Wildman–Crippen LogP) is 4.63. The average molecular weight is 338 g/mol. The minimum atomic E-state index is 0.512. The fraction of sp³-hybridized carbons (Fsp3) is 0.250. The Kier molecular flexibility index (Phi) is 6.49. The molecule has 1 heterocycles. The third-order valence-corrected chi connectivity index (χ3v) is 3.79. The van der Waals surface area contributed by atoms with E-state index in [4.69, 9.17) is 28.0 Å². The number of nitrogens with one attached hydrogen (secondary N) is 1. The van der Waals surface area contributed by atoms with Crippen molar-refractivity contribution in [3.63, 3.8) is 0 Å². The van der Waals surface area contributed by atoms with Crippen molar-refractivity contribution in [1.29, 1.82) is 0 Å². The van der Waals surface area contributed by atoms with Crippen LogP contribution < -0.4 is 5.32 Å². The van der Waals surface area contributed by atoms with Crippen LogP contribution >= 0.6 is 23.2 Å². The quantitative estimate of drug-likeness (QED) is 0.455. The van der Waals surface area contributed by atoms with Gasteiger partial charge in [-0.25, -0.2) is 0 Å². The minimum Gasteiger partial charge on any atom is -0.399 e. The standard InChI is InChI=1S/C16H17Cl2N3O/c1-22-21-16(12-4-5-14(17)15(18)11-12)3-2-8-20-13-6-9-19-10-7-13/h4-7,9-11H,2-3,8H2,1H3,(H,19,20)/b21-16+. The van der Waals surface area contributed by atoms with E-state index in [0.717, 1.165) is 36.3 Å². The molecule has 2 rings (SSSR count). The van der Waals surface area contributed by atoms with Crippen LogP contribution in [0, 0.1) is 0 Å². The molecule has 0 spiro atoms. The molecule has 0 aliphatic rings. The fourth-order valence-electron chi connectivity index (χ4n) is 1.99. The second kappa shape index (κ2) is 8.61. The highest BCUT2D eigenvalue weighted by molar-refractivity contribution is 6.42. The van der Waals surface area contributed by atoms with Crippen molar-refractivity contribution >= 4 is 34.6 Å². The molecule has 0 aliphatic carbocycles. The molecule has 0 saturated heterocycles. The zero-order valence-corrected chi connectivity index (χ0v) is 13.7. The van der Waals surface area contributed by atoms with E-state index in [1.165, 1.54) is 7.11 Å². The van der Waals surface area contributed by atoms with Gasteiger partial charge in [-0.2, -0.15) is 0 Å². The van der Waals surface area contributed by atoms with Crippen LogP contribution in [0.3, 0.4) is 0 Å². The van der Waals surface area contributed by atoms with E-state index in [9.17, 15) is 0 Å². The monoisotopic (exact) mass is 337 g/mol. The van der Waals surface area contributed by atoms with Gasteiger partial charge in [0.1, 0.15) is 7.11 Å². The molecule has 116 valence electrons. The number of aromatic nitrogens is 1. The lowest BCUT2D eigenvalue weighted by Crippen LogP contribution is -2.07. The molecule has 2 aromatic rings. The zero-order chi connectivity index (χ0) is 15.8. The number of oxime groups is 1. The molecule has 0 aliphatic heterocycles. The van der Waals surface area contributed by atoms with Crippen molar-refractivity contribution in [1.82, 2.24) is 4.98 Å². The summed E-state index contributed by atoms with van der Waals surface area (Å²) in [6, 6.07) is 9.33. The van der Waals surface area contributed by atoms with Crippen LogP contribution in [0.15, 0.2) is 47.9 Å². The molecule has 0 saturated carbocycles. The van der Waals surface area contributed by atoms with E-state index < -0.39 is 0 Å². The zero-order valence-electron chi connectivity index (χ0n) is 12.2. The van der Waals surface area contributed by atoms with Gasteiger partial charge in [0.15, 0.2) is 0 Å². The summed E-state index contributed by atoms with van der Waals surface area (Å²) < 4.78 is 0. The first kappa shape index (κ1) is 16.6. The van der Waals surface area contributed by atoms with E-state index in [2.05, 4.69) is 15.5 Å². The second-order valence-corrected chi connectivity index (χ2v) is 5.43. The van der Waals surface area contributed by atoms with Gasteiger partial charge in [-0.15, -0.1) is 0 Å². The maximum Gasteiger partial charge on any atom is 0.106 e. The number of pyridine rings is 1. The van der Waals surface area contributed by atoms with Crippen molar-refractivity contribution < 1.29 is 4.84 Å². The topological polar surface area (TPSA) is 46.5 Å². The van der Waals surface area contributed by atoms with Gasteiger partial charge in [0.2, 0.25) is 0 Å². The van der Waals surface area contributed by atoms with E-state index in [1.807, 2.05) is 18.2 Å². The van der Waals surface area contributed by atoms with E-state index in [0.29, 0.717) is 10.0 Å². The molecule has 1 N–H and O–H groups in total. The molecule has 22 heavy (non-hydrogen) atoms. The van der Waals surface area contributed by atoms with Crippen molar-refractivity contribution in [3.8, 4) is 0 Å². The Labute approximate surface area is 140 Å². The lowest BCUT2D eigenvalue weighted by atomic mass is 10.1. The molecule has 0 atom stereocenters. The van der Waals surface area contributed by atoms with Crippen LogP contribution in [0.5, 0.6) is 0 Å². The summed E-state index contributed by atoms with van der Waals surface area (Å²) in [4.78, 5) is 8.91. The molecule has 1 aromatic carbocycles. The van der Waals surface area contributed by atoms with Gasteiger partial charge in [0.05, 0.1) is 15.8 Å². The van der Waals surface area contributed by atoms with Crippen LogP contribution in [0.25, 0.3) is 0 Å². The highest BCUT2D eigenvalue weighted by Crippen LogP contribution is 2.23. The Bertz CT molecular complexity index is 633. The lowest BCUT2D eigenvalue weighted by Gasteiger charge is -2.09. The Hall–Kier alpha value is -1.78. The van der Waals surface area contributed by atoms with E-state index >= 15 is 0 Å². The fourth-order valence-corrected chi connectivity index (χ4v) is 2.28. The third-order valence-electron chi connectivity index (χ3n) is 3.05. The highest BCUT2D eigenvalue weighted by Gasteiger charge is 2.07. The molecular weight excluding hydrogens is 321 g/mol. The first-order valence-corrected chi connectivity index (χ1v) is 7.65. The number of benzene rings is 1. The molecule has 0 unspecified atom stereocenters. The van der Waals surface area contributed by atoms with Gasteiger partial charge < -0.3 is 10.2 Å². The molecule has 0 amide bonds. The Morgan fingerprint density at radius 1 is 1.18 bits per heavy atom. The van der Waals surface area contributed by atoms with Crippen molar-refractivity contribution in [2.75, 3.05) is 19.0 Å². The van der Waals surface area contributed by atoms with Crippen molar-refractivity contribution in [2.24, 2.45) is 5.16 Å². The molecule has 0 bridgehead atoms. The summed E-state index contributed by atoms with van der Waals surface area (Å²) >= 11 is 12.0. The summed E-state index contributed by atoms with van der Waals surface area (Å²) in [5.74, 6) is 0. The molecule has 1 aromatic heterocycles. The Balaban J connectivity index is 1.92. The highest BCUT2D eigenvalue weighted by atomic mass is 35.5. The van der Waals surface area contributed by atoms with Crippen LogP contribution in [0.4, 0.5) is 5.69 Å². The number of anilines is 1. The summed E-state index contributed by atoms with van der Waals surface area (Å²) in [5.41, 5.74) is 2.81. The van der Waals surface area contributed by atoms with Gasteiger partial charge in [-0.05, 0) is 37.1 Å². The Morgan fingerprint density at radius 3 is 2.64 bits per heavy atom. The van der Waals surface area contributed by atoms with Crippen LogP contribution in [0.2, 0.25) is 10.0 Å². The van der Waals surface area contributed by atoms with E-state index in [1.54, 1.807) is 24.5 Å². The molecule has 0 radical (unpaired) electrons. The van der Waals surface area contributed by atoms with E-state index in [-0.39, 0.29) is 0 Å². The molecular formula is C16H17Cl2N3O.